The molecule has 1 atom stereocenters. The minimum absolute atomic E-state index is 0.105. The zero-order chi connectivity index (χ0) is 10.3. The van der Waals surface area contributed by atoms with E-state index in [1.165, 1.54) is 11.1 Å². The number of carbonyl (C=O) groups is 1. The van der Waals surface area contributed by atoms with Gasteiger partial charge in [-0.1, -0.05) is 24.3 Å². The first kappa shape index (κ1) is 8.92. The quantitative estimate of drug-likeness (QED) is 0.682. The predicted molar refractivity (Wildman–Crippen MR) is 55.4 cm³/mol. The minimum Gasteiger partial charge on any atom is -0.376 e. The number of fused-ring (bicyclic) bond motifs is 2. The number of nitrogens with one attached hydrogen (secondary N) is 1. The van der Waals surface area contributed by atoms with Crippen molar-refractivity contribution in [3.8, 4) is 0 Å². The second kappa shape index (κ2) is 3.07. The van der Waals surface area contributed by atoms with E-state index < -0.39 is 0 Å². The lowest BCUT2D eigenvalue weighted by Gasteiger charge is -2.33. The van der Waals surface area contributed by atoms with E-state index in [4.69, 9.17) is 4.74 Å². The lowest BCUT2D eigenvalue weighted by atomic mass is 9.77. The lowest BCUT2D eigenvalue weighted by molar-refractivity contribution is -0.119. The number of hydrogen-bond acceptors (Lipinski definition) is 2. The summed E-state index contributed by atoms with van der Waals surface area (Å²) in [6, 6.07) is 8.26. The number of carbonyl (C=O) groups excluding carboxylic acids is 1. The summed E-state index contributed by atoms with van der Waals surface area (Å²) < 4.78 is 5.59. The largest absolute Gasteiger partial charge is 0.376 e. The SMILES string of the molecule is O=C1CC2(CN1)COCc1ccccc12. The van der Waals surface area contributed by atoms with Crippen LogP contribution in [0, 0.1) is 0 Å². The zero-order valence-corrected chi connectivity index (χ0v) is 8.45. The first-order valence-corrected chi connectivity index (χ1v) is 5.23. The van der Waals surface area contributed by atoms with E-state index in [0.717, 1.165) is 0 Å². The van der Waals surface area contributed by atoms with Gasteiger partial charge in [-0.05, 0) is 11.1 Å². The summed E-state index contributed by atoms with van der Waals surface area (Å²) in [7, 11) is 0. The molecule has 1 spiro atoms. The molecule has 2 aliphatic heterocycles. The van der Waals surface area contributed by atoms with Gasteiger partial charge >= 0.3 is 0 Å². The van der Waals surface area contributed by atoms with E-state index in [1.54, 1.807) is 0 Å². The Kier molecular flexibility index (Phi) is 1.83. The van der Waals surface area contributed by atoms with Crippen LogP contribution in [-0.4, -0.2) is 19.1 Å². The van der Waals surface area contributed by atoms with Gasteiger partial charge in [0.1, 0.15) is 0 Å². The maximum atomic E-state index is 11.4. The Morgan fingerprint density at radius 2 is 2.20 bits per heavy atom. The van der Waals surface area contributed by atoms with Gasteiger partial charge in [-0.3, -0.25) is 4.79 Å². The molecule has 2 aliphatic rings. The summed E-state index contributed by atoms with van der Waals surface area (Å²) in [5.74, 6) is 0.135. The molecule has 2 heterocycles. The Bertz CT molecular complexity index is 416. The normalized spacial score (nSPS) is 28.9. The summed E-state index contributed by atoms with van der Waals surface area (Å²) in [6.45, 7) is 2.04. The molecule has 0 saturated carbocycles. The van der Waals surface area contributed by atoms with E-state index in [1.807, 2.05) is 12.1 Å². The van der Waals surface area contributed by atoms with Crippen LogP contribution in [0.5, 0.6) is 0 Å². The van der Waals surface area contributed by atoms with E-state index in [9.17, 15) is 4.79 Å². The van der Waals surface area contributed by atoms with Crippen molar-refractivity contribution >= 4 is 5.91 Å². The summed E-state index contributed by atoms with van der Waals surface area (Å²) in [4.78, 5) is 11.4. The number of amides is 1. The van der Waals surface area contributed by atoms with E-state index in [2.05, 4.69) is 17.4 Å². The summed E-state index contributed by atoms with van der Waals surface area (Å²) in [5, 5.41) is 2.90. The summed E-state index contributed by atoms with van der Waals surface area (Å²) in [6.07, 6.45) is 0.560. The number of hydrogen-bond donors (Lipinski definition) is 1. The van der Waals surface area contributed by atoms with Crippen LogP contribution in [0.3, 0.4) is 0 Å². The van der Waals surface area contributed by atoms with Crippen molar-refractivity contribution in [3.63, 3.8) is 0 Å². The predicted octanol–water partition coefficient (Wildman–Crippen LogP) is 0.974. The molecule has 1 unspecified atom stereocenters. The maximum Gasteiger partial charge on any atom is 0.221 e. The average Bonchev–Trinajstić information content (AvgIpc) is 2.62. The smallest absolute Gasteiger partial charge is 0.221 e. The van der Waals surface area contributed by atoms with Gasteiger partial charge in [-0.15, -0.1) is 0 Å². The van der Waals surface area contributed by atoms with Crippen LogP contribution in [-0.2, 0) is 21.6 Å². The molecular weight excluding hydrogens is 190 g/mol. The molecule has 1 aromatic carbocycles. The number of rotatable bonds is 0. The Labute approximate surface area is 88.4 Å². The monoisotopic (exact) mass is 203 g/mol. The lowest BCUT2D eigenvalue weighted by Crippen LogP contribution is -2.38. The first-order valence-electron chi connectivity index (χ1n) is 5.23. The van der Waals surface area contributed by atoms with Crippen molar-refractivity contribution < 1.29 is 9.53 Å². The third-order valence-corrected chi connectivity index (χ3v) is 3.35. The molecule has 15 heavy (non-hydrogen) atoms. The fourth-order valence-electron chi connectivity index (χ4n) is 2.59. The van der Waals surface area contributed by atoms with Crippen LogP contribution in [0.25, 0.3) is 0 Å². The zero-order valence-electron chi connectivity index (χ0n) is 8.45. The molecule has 0 aliphatic carbocycles. The first-order chi connectivity index (χ1) is 7.30. The highest BCUT2D eigenvalue weighted by atomic mass is 16.5. The highest BCUT2D eigenvalue weighted by Gasteiger charge is 2.43. The summed E-state index contributed by atoms with van der Waals surface area (Å²) >= 11 is 0. The fourth-order valence-corrected chi connectivity index (χ4v) is 2.59. The van der Waals surface area contributed by atoms with Gasteiger partial charge in [0.05, 0.1) is 13.2 Å². The topological polar surface area (TPSA) is 38.3 Å². The highest BCUT2D eigenvalue weighted by molar-refractivity contribution is 5.81. The molecule has 1 amide bonds. The summed E-state index contributed by atoms with van der Waals surface area (Å²) in [5.41, 5.74) is 2.40. The minimum atomic E-state index is -0.105. The molecular formula is C12H13NO2. The van der Waals surface area contributed by atoms with Crippen molar-refractivity contribution in [1.29, 1.82) is 0 Å². The van der Waals surface area contributed by atoms with E-state index in [0.29, 0.717) is 26.2 Å². The molecule has 1 aromatic rings. The van der Waals surface area contributed by atoms with Crippen LogP contribution in [0.1, 0.15) is 17.5 Å². The molecule has 0 radical (unpaired) electrons. The molecule has 1 saturated heterocycles. The number of ether oxygens (including phenoxy) is 1. The van der Waals surface area contributed by atoms with E-state index >= 15 is 0 Å². The molecule has 3 heteroatoms. The van der Waals surface area contributed by atoms with Crippen molar-refractivity contribution in [2.24, 2.45) is 0 Å². The molecule has 3 rings (SSSR count). The van der Waals surface area contributed by atoms with Gasteiger partial charge in [0.25, 0.3) is 0 Å². The van der Waals surface area contributed by atoms with Crippen molar-refractivity contribution in [2.45, 2.75) is 18.4 Å². The second-order valence-corrected chi connectivity index (χ2v) is 4.38. The third-order valence-electron chi connectivity index (χ3n) is 3.35. The molecule has 1 fully saturated rings. The van der Waals surface area contributed by atoms with Gasteiger partial charge in [0, 0.05) is 18.4 Å². The maximum absolute atomic E-state index is 11.4. The Morgan fingerprint density at radius 1 is 1.33 bits per heavy atom. The van der Waals surface area contributed by atoms with Crippen LogP contribution < -0.4 is 5.32 Å². The standard InChI is InChI=1S/C12H13NO2/c14-11-5-12(7-13-11)8-15-6-9-3-1-2-4-10(9)12/h1-4H,5-8H2,(H,13,14). The Balaban J connectivity index is 2.09. The van der Waals surface area contributed by atoms with Crippen molar-refractivity contribution in [2.75, 3.05) is 13.2 Å². The van der Waals surface area contributed by atoms with Crippen LogP contribution in [0.2, 0.25) is 0 Å². The Morgan fingerprint density at radius 3 is 3.00 bits per heavy atom. The van der Waals surface area contributed by atoms with Gasteiger partial charge in [0.2, 0.25) is 5.91 Å². The van der Waals surface area contributed by atoms with E-state index in [-0.39, 0.29) is 11.3 Å². The highest BCUT2D eigenvalue weighted by Crippen LogP contribution is 2.37. The number of benzene rings is 1. The van der Waals surface area contributed by atoms with Crippen molar-refractivity contribution in [3.05, 3.63) is 35.4 Å². The van der Waals surface area contributed by atoms with Gasteiger partial charge in [-0.25, -0.2) is 0 Å². The van der Waals surface area contributed by atoms with Gasteiger partial charge < -0.3 is 10.1 Å². The van der Waals surface area contributed by atoms with Crippen LogP contribution in [0.4, 0.5) is 0 Å². The third kappa shape index (κ3) is 1.27. The second-order valence-electron chi connectivity index (χ2n) is 4.38. The molecule has 0 bridgehead atoms. The van der Waals surface area contributed by atoms with Gasteiger partial charge in [0.15, 0.2) is 0 Å². The van der Waals surface area contributed by atoms with Crippen molar-refractivity contribution in [1.82, 2.24) is 5.32 Å². The Hall–Kier alpha value is -1.35. The van der Waals surface area contributed by atoms with Crippen LogP contribution in [0.15, 0.2) is 24.3 Å². The molecule has 1 N–H and O–H groups in total. The molecule has 78 valence electrons. The average molecular weight is 203 g/mol. The fraction of sp³-hybridized carbons (Fsp3) is 0.417. The van der Waals surface area contributed by atoms with Gasteiger partial charge in [-0.2, -0.15) is 0 Å². The molecule has 3 nitrogen and oxygen atoms in total. The molecule has 0 aromatic heterocycles. The van der Waals surface area contributed by atoms with Crippen LogP contribution >= 0.6 is 0 Å².